The summed E-state index contributed by atoms with van der Waals surface area (Å²) >= 11 is 0. The number of unbranched alkanes of at least 4 members (excludes halogenated alkanes) is 1. The highest BCUT2D eigenvalue weighted by Crippen LogP contribution is 2.08. The largest absolute Gasteiger partial charge is 0.385 e. The van der Waals surface area contributed by atoms with Crippen LogP contribution in [0.15, 0.2) is 24.3 Å². The number of ether oxygens (including phenoxy) is 1. The molecule has 0 aliphatic rings. The molecule has 0 atom stereocenters. The summed E-state index contributed by atoms with van der Waals surface area (Å²) < 4.78 is 17.5. The van der Waals surface area contributed by atoms with E-state index < -0.39 is 0 Å². The van der Waals surface area contributed by atoms with Gasteiger partial charge in [0.15, 0.2) is 0 Å². The van der Waals surface area contributed by atoms with E-state index >= 15 is 0 Å². The first-order chi connectivity index (χ1) is 6.83. The molecule has 0 bridgehead atoms. The fourth-order valence-corrected chi connectivity index (χ4v) is 1.17. The first kappa shape index (κ1) is 11.0. The van der Waals surface area contributed by atoms with Crippen molar-refractivity contribution in [3.05, 3.63) is 30.1 Å². The summed E-state index contributed by atoms with van der Waals surface area (Å²) in [7, 11) is 1.70. The van der Waals surface area contributed by atoms with Gasteiger partial charge in [-0.25, -0.2) is 4.39 Å². The molecule has 14 heavy (non-hydrogen) atoms. The van der Waals surface area contributed by atoms with E-state index in [0.717, 1.165) is 31.7 Å². The van der Waals surface area contributed by atoms with Crippen LogP contribution in [-0.4, -0.2) is 20.3 Å². The summed E-state index contributed by atoms with van der Waals surface area (Å²) in [5, 5.41) is 3.21. The Bertz CT molecular complexity index is 248. The monoisotopic (exact) mass is 197 g/mol. The van der Waals surface area contributed by atoms with Crippen LogP contribution in [0, 0.1) is 5.82 Å². The molecule has 0 radical (unpaired) electrons. The minimum absolute atomic E-state index is 0.199. The van der Waals surface area contributed by atoms with Crippen molar-refractivity contribution < 1.29 is 9.13 Å². The number of rotatable bonds is 6. The fraction of sp³-hybridized carbons (Fsp3) is 0.455. The lowest BCUT2D eigenvalue weighted by Crippen LogP contribution is -2.02. The molecular formula is C11H16FNO. The van der Waals surface area contributed by atoms with Gasteiger partial charge in [-0.2, -0.15) is 0 Å². The van der Waals surface area contributed by atoms with Crippen LogP contribution in [0.4, 0.5) is 10.1 Å². The van der Waals surface area contributed by atoms with Gasteiger partial charge >= 0.3 is 0 Å². The first-order valence-electron chi connectivity index (χ1n) is 4.81. The quantitative estimate of drug-likeness (QED) is 0.708. The standard InChI is InChI=1S/C11H16FNO/c1-14-9-3-2-8-13-11-6-4-10(12)5-7-11/h4-7,13H,2-3,8-9H2,1H3. The van der Waals surface area contributed by atoms with Gasteiger partial charge in [-0.1, -0.05) is 0 Å². The van der Waals surface area contributed by atoms with Crippen molar-refractivity contribution >= 4 is 5.69 Å². The summed E-state index contributed by atoms with van der Waals surface area (Å²) in [6.07, 6.45) is 2.11. The summed E-state index contributed by atoms with van der Waals surface area (Å²) in [6.45, 7) is 1.69. The predicted octanol–water partition coefficient (Wildman–Crippen LogP) is 2.66. The van der Waals surface area contributed by atoms with Crippen molar-refractivity contribution in [3.8, 4) is 0 Å². The van der Waals surface area contributed by atoms with Crippen LogP contribution in [0.2, 0.25) is 0 Å². The molecule has 0 saturated heterocycles. The highest BCUT2D eigenvalue weighted by Gasteiger charge is 1.92. The normalized spacial score (nSPS) is 10.1. The van der Waals surface area contributed by atoms with Gasteiger partial charge in [0.1, 0.15) is 5.82 Å². The highest BCUT2D eigenvalue weighted by molar-refractivity contribution is 5.42. The summed E-state index contributed by atoms with van der Waals surface area (Å²) in [6, 6.07) is 6.40. The van der Waals surface area contributed by atoms with Crippen LogP contribution >= 0.6 is 0 Å². The maximum Gasteiger partial charge on any atom is 0.123 e. The van der Waals surface area contributed by atoms with Gasteiger partial charge in [0.25, 0.3) is 0 Å². The molecule has 0 amide bonds. The molecule has 0 heterocycles. The number of nitrogens with one attached hydrogen (secondary N) is 1. The molecule has 0 saturated carbocycles. The lowest BCUT2D eigenvalue weighted by Gasteiger charge is -2.05. The van der Waals surface area contributed by atoms with E-state index in [1.165, 1.54) is 12.1 Å². The maximum atomic E-state index is 12.5. The molecule has 2 nitrogen and oxygen atoms in total. The molecule has 0 aromatic heterocycles. The number of halogens is 1. The third kappa shape index (κ3) is 4.23. The Morgan fingerprint density at radius 2 is 1.93 bits per heavy atom. The zero-order valence-electron chi connectivity index (χ0n) is 8.42. The molecule has 1 aromatic rings. The van der Waals surface area contributed by atoms with E-state index in [9.17, 15) is 4.39 Å². The Kier molecular flexibility index (Phi) is 5.00. The minimum Gasteiger partial charge on any atom is -0.385 e. The Morgan fingerprint density at radius 3 is 2.57 bits per heavy atom. The van der Waals surface area contributed by atoms with Gasteiger partial charge in [0.2, 0.25) is 0 Å². The van der Waals surface area contributed by atoms with Crippen molar-refractivity contribution in [2.75, 3.05) is 25.6 Å². The summed E-state index contributed by atoms with van der Waals surface area (Å²) in [4.78, 5) is 0. The SMILES string of the molecule is COCCCCNc1ccc(F)cc1. The molecule has 3 heteroatoms. The van der Waals surface area contributed by atoms with Gasteiger partial charge in [0, 0.05) is 25.9 Å². The second kappa shape index (κ2) is 6.38. The smallest absolute Gasteiger partial charge is 0.123 e. The van der Waals surface area contributed by atoms with Gasteiger partial charge < -0.3 is 10.1 Å². The topological polar surface area (TPSA) is 21.3 Å². The second-order valence-electron chi connectivity index (χ2n) is 3.13. The molecule has 0 unspecified atom stereocenters. The molecule has 1 rings (SSSR count). The van der Waals surface area contributed by atoms with Crippen LogP contribution in [-0.2, 0) is 4.74 Å². The number of hydrogen-bond donors (Lipinski definition) is 1. The second-order valence-corrected chi connectivity index (χ2v) is 3.13. The van der Waals surface area contributed by atoms with Gasteiger partial charge in [-0.15, -0.1) is 0 Å². The molecule has 78 valence electrons. The molecule has 1 aromatic carbocycles. The van der Waals surface area contributed by atoms with Crippen molar-refractivity contribution in [1.82, 2.24) is 0 Å². The number of hydrogen-bond acceptors (Lipinski definition) is 2. The summed E-state index contributed by atoms with van der Waals surface area (Å²) in [5.74, 6) is -0.199. The molecule has 0 spiro atoms. The predicted molar refractivity (Wildman–Crippen MR) is 56.0 cm³/mol. The molecule has 1 N–H and O–H groups in total. The lowest BCUT2D eigenvalue weighted by molar-refractivity contribution is 0.194. The Balaban J connectivity index is 2.15. The first-order valence-corrected chi connectivity index (χ1v) is 4.81. The van der Waals surface area contributed by atoms with E-state index in [4.69, 9.17) is 4.74 Å². The van der Waals surface area contributed by atoms with Crippen LogP contribution in [0.25, 0.3) is 0 Å². The van der Waals surface area contributed by atoms with E-state index in [1.54, 1.807) is 19.2 Å². The maximum absolute atomic E-state index is 12.5. The van der Waals surface area contributed by atoms with Crippen molar-refractivity contribution in [2.45, 2.75) is 12.8 Å². The van der Waals surface area contributed by atoms with Gasteiger partial charge in [-0.3, -0.25) is 0 Å². The Labute approximate surface area is 84.1 Å². The van der Waals surface area contributed by atoms with E-state index in [1.807, 2.05) is 0 Å². The number of anilines is 1. The van der Waals surface area contributed by atoms with Crippen LogP contribution in [0.5, 0.6) is 0 Å². The zero-order chi connectivity index (χ0) is 10.2. The van der Waals surface area contributed by atoms with Crippen molar-refractivity contribution in [1.29, 1.82) is 0 Å². The molecular weight excluding hydrogens is 181 g/mol. The highest BCUT2D eigenvalue weighted by atomic mass is 19.1. The van der Waals surface area contributed by atoms with E-state index in [2.05, 4.69) is 5.32 Å². The molecule has 0 fully saturated rings. The average molecular weight is 197 g/mol. The fourth-order valence-electron chi connectivity index (χ4n) is 1.17. The van der Waals surface area contributed by atoms with Crippen molar-refractivity contribution in [2.24, 2.45) is 0 Å². The van der Waals surface area contributed by atoms with Gasteiger partial charge in [0.05, 0.1) is 0 Å². The van der Waals surface area contributed by atoms with Gasteiger partial charge in [-0.05, 0) is 37.1 Å². The Morgan fingerprint density at radius 1 is 1.21 bits per heavy atom. The lowest BCUT2D eigenvalue weighted by atomic mass is 10.3. The van der Waals surface area contributed by atoms with Crippen LogP contribution in [0.3, 0.4) is 0 Å². The van der Waals surface area contributed by atoms with Crippen LogP contribution in [0.1, 0.15) is 12.8 Å². The number of benzene rings is 1. The van der Waals surface area contributed by atoms with E-state index in [-0.39, 0.29) is 5.82 Å². The third-order valence-electron chi connectivity index (χ3n) is 1.95. The molecule has 0 aliphatic carbocycles. The van der Waals surface area contributed by atoms with Crippen molar-refractivity contribution in [3.63, 3.8) is 0 Å². The minimum atomic E-state index is -0.199. The zero-order valence-corrected chi connectivity index (χ0v) is 8.42. The molecule has 0 aliphatic heterocycles. The average Bonchev–Trinajstić information content (AvgIpc) is 2.21. The summed E-state index contributed by atoms with van der Waals surface area (Å²) in [5.41, 5.74) is 0.962. The number of methoxy groups -OCH3 is 1. The third-order valence-corrected chi connectivity index (χ3v) is 1.95. The van der Waals surface area contributed by atoms with E-state index in [0.29, 0.717) is 0 Å². The van der Waals surface area contributed by atoms with Crippen LogP contribution < -0.4 is 5.32 Å². The Hall–Kier alpha value is -1.09.